The second-order valence-corrected chi connectivity index (χ2v) is 7.10. The molecule has 4 rings (SSSR count). The molecule has 0 aliphatic carbocycles. The van der Waals surface area contributed by atoms with E-state index in [1.807, 2.05) is 24.3 Å². The number of benzene rings is 3. The number of hydrogen-bond donors (Lipinski definition) is 1. The molecule has 1 aliphatic rings. The van der Waals surface area contributed by atoms with E-state index in [4.69, 9.17) is 42.1 Å². The second-order valence-electron chi connectivity index (χ2n) is 6.35. The number of para-hydroxylation sites is 2. The number of amides is 1. The highest BCUT2D eigenvalue weighted by atomic mass is 35.5. The van der Waals surface area contributed by atoms with Crippen LogP contribution >= 0.6 is 23.2 Å². The number of ether oxygens (including phenoxy) is 4. The van der Waals surface area contributed by atoms with Crippen molar-refractivity contribution in [3.8, 4) is 23.0 Å². The summed E-state index contributed by atoms with van der Waals surface area (Å²) in [5.41, 5.74) is 0.332. The van der Waals surface area contributed by atoms with Gasteiger partial charge in [0.2, 0.25) is 0 Å². The number of nitrogens with one attached hydrogen (secondary N) is 1. The second kappa shape index (κ2) is 8.16. The number of fused-ring (bicyclic) bond motifs is 1. The van der Waals surface area contributed by atoms with Gasteiger partial charge in [-0.15, -0.1) is 0 Å². The SMILES string of the molecule is COC1(OC)NC(=O)c2c(Cl)c(Oc3ccccc3)c(Cl)c(Oc3ccccc3)c21. The van der Waals surface area contributed by atoms with Gasteiger partial charge in [0.05, 0.1) is 16.1 Å². The standard InChI is InChI=1S/C22H17Cl2NO5/c1-27-22(28-2)16-15(21(26)25-22)17(23)20(30-14-11-7-4-8-12-14)18(24)19(16)29-13-9-5-3-6-10-13/h3-12H,1-2H3,(H,25,26). The Balaban J connectivity index is 1.96. The summed E-state index contributed by atoms with van der Waals surface area (Å²) in [5, 5.41) is 2.75. The third kappa shape index (κ3) is 3.38. The molecule has 154 valence electrons. The van der Waals surface area contributed by atoms with Crippen LogP contribution in [0.25, 0.3) is 0 Å². The van der Waals surface area contributed by atoms with Gasteiger partial charge in [-0.05, 0) is 24.3 Å². The molecule has 1 heterocycles. The first-order valence-electron chi connectivity index (χ1n) is 8.94. The molecule has 0 spiro atoms. The lowest BCUT2D eigenvalue weighted by Gasteiger charge is -2.28. The van der Waals surface area contributed by atoms with E-state index in [1.165, 1.54) is 14.2 Å². The van der Waals surface area contributed by atoms with Gasteiger partial charge in [-0.3, -0.25) is 10.1 Å². The molecule has 0 saturated carbocycles. The van der Waals surface area contributed by atoms with Crippen molar-refractivity contribution in [2.75, 3.05) is 14.2 Å². The quantitative estimate of drug-likeness (QED) is 0.491. The Morgan fingerprint density at radius 1 is 0.767 bits per heavy atom. The first-order chi connectivity index (χ1) is 14.5. The van der Waals surface area contributed by atoms with Crippen LogP contribution in [-0.2, 0) is 15.4 Å². The number of carbonyl (C=O) groups excluding carboxylic acids is 1. The Labute approximate surface area is 183 Å². The maximum atomic E-state index is 12.8. The maximum Gasteiger partial charge on any atom is 0.284 e. The Hall–Kier alpha value is -2.77. The Morgan fingerprint density at radius 2 is 1.27 bits per heavy atom. The average molecular weight is 446 g/mol. The summed E-state index contributed by atoms with van der Waals surface area (Å²) in [7, 11) is 2.78. The molecule has 30 heavy (non-hydrogen) atoms. The molecular weight excluding hydrogens is 429 g/mol. The van der Waals surface area contributed by atoms with Crippen molar-refractivity contribution in [1.29, 1.82) is 0 Å². The fraction of sp³-hybridized carbons (Fsp3) is 0.136. The fourth-order valence-corrected chi connectivity index (χ4v) is 3.86. The highest BCUT2D eigenvalue weighted by Gasteiger charge is 2.50. The van der Waals surface area contributed by atoms with Crippen LogP contribution in [0.3, 0.4) is 0 Å². The van der Waals surface area contributed by atoms with Crippen LogP contribution in [0.4, 0.5) is 0 Å². The molecule has 0 fully saturated rings. The van der Waals surface area contributed by atoms with E-state index in [0.717, 1.165) is 0 Å². The molecule has 0 radical (unpaired) electrons. The molecule has 3 aromatic rings. The molecule has 1 amide bonds. The smallest absolute Gasteiger partial charge is 0.284 e. The third-order valence-electron chi connectivity index (χ3n) is 4.63. The maximum absolute atomic E-state index is 12.8. The summed E-state index contributed by atoms with van der Waals surface area (Å²) in [5.74, 6) is -0.909. The fourth-order valence-electron chi connectivity index (χ4n) is 3.24. The molecule has 6 nitrogen and oxygen atoms in total. The van der Waals surface area contributed by atoms with E-state index < -0.39 is 11.8 Å². The molecular formula is C22H17Cl2NO5. The Bertz CT molecular complexity index is 1090. The Morgan fingerprint density at radius 3 is 1.77 bits per heavy atom. The minimum Gasteiger partial charge on any atom is -0.455 e. The van der Waals surface area contributed by atoms with Crippen LogP contribution < -0.4 is 14.8 Å². The summed E-state index contributed by atoms with van der Waals surface area (Å²) >= 11 is 13.3. The highest BCUT2D eigenvalue weighted by Crippen LogP contribution is 2.53. The van der Waals surface area contributed by atoms with Gasteiger partial charge in [0.25, 0.3) is 11.8 Å². The molecule has 3 aromatic carbocycles. The van der Waals surface area contributed by atoms with Crippen molar-refractivity contribution in [2.45, 2.75) is 5.91 Å². The summed E-state index contributed by atoms with van der Waals surface area (Å²) < 4.78 is 23.0. The minimum atomic E-state index is -1.62. The van der Waals surface area contributed by atoms with Gasteiger partial charge in [-0.25, -0.2) is 0 Å². The summed E-state index contributed by atoms with van der Waals surface area (Å²) in [6.45, 7) is 0. The normalized spacial score (nSPS) is 14.2. The lowest BCUT2D eigenvalue weighted by molar-refractivity contribution is -0.225. The van der Waals surface area contributed by atoms with Gasteiger partial charge in [-0.1, -0.05) is 59.6 Å². The zero-order valence-electron chi connectivity index (χ0n) is 16.1. The monoisotopic (exact) mass is 445 g/mol. The van der Waals surface area contributed by atoms with Crippen LogP contribution in [0, 0.1) is 0 Å². The van der Waals surface area contributed by atoms with Crippen LogP contribution in [-0.4, -0.2) is 20.1 Å². The zero-order valence-corrected chi connectivity index (χ0v) is 17.6. The van der Waals surface area contributed by atoms with Crippen molar-refractivity contribution in [1.82, 2.24) is 5.32 Å². The topological polar surface area (TPSA) is 66.0 Å². The predicted molar refractivity (Wildman–Crippen MR) is 113 cm³/mol. The van der Waals surface area contributed by atoms with Gasteiger partial charge in [0.15, 0.2) is 11.5 Å². The summed E-state index contributed by atoms with van der Waals surface area (Å²) in [4.78, 5) is 12.8. The molecule has 1 aliphatic heterocycles. The van der Waals surface area contributed by atoms with Crippen molar-refractivity contribution >= 4 is 29.1 Å². The van der Waals surface area contributed by atoms with Gasteiger partial charge >= 0.3 is 0 Å². The van der Waals surface area contributed by atoms with Gasteiger partial charge in [0.1, 0.15) is 16.5 Å². The first-order valence-corrected chi connectivity index (χ1v) is 9.70. The molecule has 0 unspecified atom stereocenters. The molecule has 0 saturated heterocycles. The Kier molecular flexibility index (Phi) is 5.58. The van der Waals surface area contributed by atoms with Crippen LogP contribution in [0.1, 0.15) is 15.9 Å². The zero-order chi connectivity index (χ0) is 21.3. The molecule has 0 atom stereocenters. The first kappa shape index (κ1) is 20.5. The van der Waals surface area contributed by atoms with E-state index in [2.05, 4.69) is 5.32 Å². The van der Waals surface area contributed by atoms with E-state index in [-0.39, 0.29) is 32.7 Å². The van der Waals surface area contributed by atoms with Gasteiger partial charge < -0.3 is 18.9 Å². The van der Waals surface area contributed by atoms with Crippen LogP contribution in [0.2, 0.25) is 10.0 Å². The number of carbonyl (C=O) groups is 1. The lowest BCUT2D eigenvalue weighted by Crippen LogP contribution is -2.42. The number of halogens is 2. The van der Waals surface area contributed by atoms with E-state index in [1.54, 1.807) is 36.4 Å². The number of rotatable bonds is 6. The van der Waals surface area contributed by atoms with Crippen molar-refractivity contribution in [3.63, 3.8) is 0 Å². The van der Waals surface area contributed by atoms with Crippen molar-refractivity contribution < 1.29 is 23.7 Å². The van der Waals surface area contributed by atoms with Crippen molar-refractivity contribution in [2.24, 2.45) is 0 Å². The van der Waals surface area contributed by atoms with Crippen molar-refractivity contribution in [3.05, 3.63) is 81.8 Å². The molecule has 8 heteroatoms. The van der Waals surface area contributed by atoms with Crippen LogP contribution in [0.5, 0.6) is 23.0 Å². The molecule has 1 N–H and O–H groups in total. The van der Waals surface area contributed by atoms with Crippen LogP contribution in [0.15, 0.2) is 60.7 Å². The van der Waals surface area contributed by atoms with E-state index >= 15 is 0 Å². The highest BCUT2D eigenvalue weighted by molar-refractivity contribution is 6.41. The molecule has 0 aromatic heterocycles. The summed E-state index contributed by atoms with van der Waals surface area (Å²) in [6.07, 6.45) is 0. The van der Waals surface area contributed by atoms with E-state index in [0.29, 0.717) is 11.5 Å². The minimum absolute atomic E-state index is 0.0211. The van der Waals surface area contributed by atoms with Gasteiger partial charge in [0, 0.05) is 14.2 Å². The van der Waals surface area contributed by atoms with Gasteiger partial charge in [-0.2, -0.15) is 0 Å². The largest absolute Gasteiger partial charge is 0.455 e. The number of methoxy groups -OCH3 is 2. The summed E-state index contributed by atoms with van der Waals surface area (Å²) in [6, 6.07) is 17.9. The predicted octanol–water partition coefficient (Wildman–Crippen LogP) is 5.72. The van der Waals surface area contributed by atoms with E-state index in [9.17, 15) is 4.79 Å². The third-order valence-corrected chi connectivity index (χ3v) is 5.33. The average Bonchev–Trinajstić information content (AvgIpc) is 3.08. The lowest BCUT2D eigenvalue weighted by atomic mass is 10.0. The molecule has 0 bridgehead atoms. The number of hydrogen-bond acceptors (Lipinski definition) is 5.